The van der Waals surface area contributed by atoms with E-state index in [1.54, 1.807) is 6.07 Å². The normalized spacial score (nSPS) is 16.1. The smallest absolute Gasteiger partial charge is 0.128 e. The highest BCUT2D eigenvalue weighted by Gasteiger charge is 2.18. The standard InChI is InChI=1S/C16H19ClN4/c17-14-9-13(10-15(18)11-14)12-20-5-7-21(8-6-20)16-3-1-2-4-19-16/h1-4,9-11H,5-8,12,18H2. The average Bonchev–Trinajstić information content (AvgIpc) is 2.48. The zero-order valence-corrected chi connectivity index (χ0v) is 12.6. The first-order valence-electron chi connectivity index (χ1n) is 7.14. The van der Waals surface area contributed by atoms with Gasteiger partial charge in [0.2, 0.25) is 0 Å². The third-order valence-electron chi connectivity index (χ3n) is 3.73. The maximum Gasteiger partial charge on any atom is 0.128 e. The van der Waals surface area contributed by atoms with E-state index in [1.807, 2.05) is 30.5 Å². The fourth-order valence-electron chi connectivity index (χ4n) is 2.70. The number of benzene rings is 1. The van der Waals surface area contributed by atoms with Crippen molar-refractivity contribution in [2.75, 3.05) is 36.8 Å². The van der Waals surface area contributed by atoms with Crippen molar-refractivity contribution < 1.29 is 0 Å². The van der Waals surface area contributed by atoms with Crippen LogP contribution in [-0.4, -0.2) is 36.1 Å². The molecule has 1 aliphatic rings. The zero-order valence-electron chi connectivity index (χ0n) is 11.9. The SMILES string of the molecule is Nc1cc(Cl)cc(CN2CCN(c3ccccn3)CC2)c1. The predicted molar refractivity (Wildman–Crippen MR) is 87.6 cm³/mol. The van der Waals surface area contributed by atoms with Crippen LogP contribution < -0.4 is 10.6 Å². The van der Waals surface area contributed by atoms with E-state index >= 15 is 0 Å². The fourth-order valence-corrected chi connectivity index (χ4v) is 2.97. The van der Waals surface area contributed by atoms with Crippen molar-refractivity contribution in [3.8, 4) is 0 Å². The molecule has 1 aromatic heterocycles. The molecule has 1 fully saturated rings. The Morgan fingerprint density at radius 1 is 1.10 bits per heavy atom. The Bertz CT molecular complexity index is 574. The minimum atomic E-state index is 0.706. The first-order chi connectivity index (χ1) is 10.2. The second-order valence-corrected chi connectivity index (χ2v) is 5.78. The summed E-state index contributed by atoms with van der Waals surface area (Å²) in [6.45, 7) is 4.91. The lowest BCUT2D eigenvalue weighted by Crippen LogP contribution is -2.46. The molecule has 0 aliphatic carbocycles. The summed E-state index contributed by atoms with van der Waals surface area (Å²) in [5.74, 6) is 1.06. The minimum absolute atomic E-state index is 0.706. The molecule has 0 saturated carbocycles. The van der Waals surface area contributed by atoms with Gasteiger partial charge in [0.1, 0.15) is 5.82 Å². The van der Waals surface area contributed by atoms with Gasteiger partial charge in [0.15, 0.2) is 0 Å². The highest BCUT2D eigenvalue weighted by atomic mass is 35.5. The molecule has 110 valence electrons. The van der Waals surface area contributed by atoms with E-state index in [4.69, 9.17) is 17.3 Å². The van der Waals surface area contributed by atoms with Crippen molar-refractivity contribution in [2.45, 2.75) is 6.54 Å². The van der Waals surface area contributed by atoms with Crippen LogP contribution in [0.4, 0.5) is 11.5 Å². The number of hydrogen-bond donors (Lipinski definition) is 1. The molecule has 0 spiro atoms. The van der Waals surface area contributed by atoms with Crippen LogP contribution in [0.2, 0.25) is 5.02 Å². The lowest BCUT2D eigenvalue weighted by Gasteiger charge is -2.35. The van der Waals surface area contributed by atoms with Gasteiger partial charge >= 0.3 is 0 Å². The van der Waals surface area contributed by atoms with E-state index in [-0.39, 0.29) is 0 Å². The molecule has 2 aromatic rings. The van der Waals surface area contributed by atoms with Gasteiger partial charge in [0.05, 0.1) is 0 Å². The molecule has 0 bridgehead atoms. The number of rotatable bonds is 3. The van der Waals surface area contributed by atoms with Gasteiger partial charge in [0, 0.05) is 49.6 Å². The van der Waals surface area contributed by atoms with Crippen LogP contribution in [-0.2, 0) is 6.54 Å². The Morgan fingerprint density at radius 3 is 2.57 bits per heavy atom. The van der Waals surface area contributed by atoms with Crippen LogP contribution in [0.15, 0.2) is 42.6 Å². The molecule has 0 atom stereocenters. The van der Waals surface area contributed by atoms with E-state index in [0.29, 0.717) is 5.02 Å². The molecule has 21 heavy (non-hydrogen) atoms. The number of piperazine rings is 1. The van der Waals surface area contributed by atoms with Crippen molar-refractivity contribution >= 4 is 23.1 Å². The lowest BCUT2D eigenvalue weighted by molar-refractivity contribution is 0.249. The third kappa shape index (κ3) is 3.65. The maximum absolute atomic E-state index is 6.06. The van der Waals surface area contributed by atoms with Crippen LogP contribution in [0.3, 0.4) is 0 Å². The summed E-state index contributed by atoms with van der Waals surface area (Å²) in [6, 6.07) is 11.8. The van der Waals surface area contributed by atoms with E-state index < -0.39 is 0 Å². The minimum Gasteiger partial charge on any atom is -0.399 e. The number of hydrogen-bond acceptors (Lipinski definition) is 4. The molecule has 2 N–H and O–H groups in total. The number of nitrogen functional groups attached to an aromatic ring is 1. The number of nitrogens with two attached hydrogens (primary N) is 1. The largest absolute Gasteiger partial charge is 0.399 e. The monoisotopic (exact) mass is 302 g/mol. The number of anilines is 2. The summed E-state index contributed by atoms with van der Waals surface area (Å²) in [7, 11) is 0. The molecule has 5 heteroatoms. The van der Waals surface area contributed by atoms with Gasteiger partial charge in [-0.05, 0) is 35.9 Å². The molecule has 4 nitrogen and oxygen atoms in total. The average molecular weight is 303 g/mol. The summed E-state index contributed by atoms with van der Waals surface area (Å²) < 4.78 is 0. The molecule has 1 aromatic carbocycles. The summed E-state index contributed by atoms with van der Waals surface area (Å²) in [5, 5.41) is 0.706. The van der Waals surface area contributed by atoms with E-state index in [0.717, 1.165) is 44.2 Å². The summed E-state index contributed by atoms with van der Waals surface area (Å²) in [5.41, 5.74) is 7.74. The summed E-state index contributed by atoms with van der Waals surface area (Å²) >= 11 is 6.06. The highest BCUT2D eigenvalue weighted by molar-refractivity contribution is 6.30. The van der Waals surface area contributed by atoms with Crippen LogP contribution >= 0.6 is 11.6 Å². The lowest BCUT2D eigenvalue weighted by atomic mass is 10.1. The van der Waals surface area contributed by atoms with Crippen molar-refractivity contribution in [2.24, 2.45) is 0 Å². The Balaban J connectivity index is 1.58. The van der Waals surface area contributed by atoms with Crippen LogP contribution in [0.25, 0.3) is 0 Å². The van der Waals surface area contributed by atoms with Crippen molar-refractivity contribution in [3.63, 3.8) is 0 Å². The predicted octanol–water partition coefficient (Wildman–Crippen LogP) is 2.64. The van der Waals surface area contributed by atoms with Gasteiger partial charge in [0.25, 0.3) is 0 Å². The van der Waals surface area contributed by atoms with E-state index in [9.17, 15) is 0 Å². The molecule has 2 heterocycles. The number of aromatic nitrogens is 1. The number of nitrogens with zero attached hydrogens (tertiary/aromatic N) is 3. The molecular formula is C16H19ClN4. The van der Waals surface area contributed by atoms with Crippen LogP contribution in [0.5, 0.6) is 0 Å². The van der Waals surface area contributed by atoms with Crippen LogP contribution in [0.1, 0.15) is 5.56 Å². The Hall–Kier alpha value is -1.78. The van der Waals surface area contributed by atoms with E-state index in [2.05, 4.69) is 20.9 Å². The summed E-state index contributed by atoms with van der Waals surface area (Å²) in [6.07, 6.45) is 1.84. The first-order valence-corrected chi connectivity index (χ1v) is 7.52. The Labute approximate surface area is 130 Å². The zero-order chi connectivity index (χ0) is 14.7. The number of pyridine rings is 1. The van der Waals surface area contributed by atoms with Gasteiger partial charge in [-0.25, -0.2) is 4.98 Å². The van der Waals surface area contributed by atoms with Gasteiger partial charge in [-0.1, -0.05) is 17.7 Å². The molecule has 1 saturated heterocycles. The van der Waals surface area contributed by atoms with Crippen LogP contribution in [0, 0.1) is 0 Å². The molecule has 1 aliphatic heterocycles. The van der Waals surface area contributed by atoms with Gasteiger partial charge in [-0.2, -0.15) is 0 Å². The quantitative estimate of drug-likeness (QED) is 0.885. The van der Waals surface area contributed by atoms with E-state index in [1.165, 1.54) is 5.56 Å². The topological polar surface area (TPSA) is 45.4 Å². The molecule has 0 radical (unpaired) electrons. The second-order valence-electron chi connectivity index (χ2n) is 5.34. The fraction of sp³-hybridized carbons (Fsp3) is 0.312. The van der Waals surface area contributed by atoms with Crippen molar-refractivity contribution in [1.29, 1.82) is 0 Å². The second kappa shape index (κ2) is 6.33. The molecule has 3 rings (SSSR count). The van der Waals surface area contributed by atoms with Crippen molar-refractivity contribution in [3.05, 3.63) is 53.2 Å². The first kappa shape index (κ1) is 14.2. The Kier molecular flexibility index (Phi) is 4.27. The molecule has 0 unspecified atom stereocenters. The van der Waals surface area contributed by atoms with Gasteiger partial charge in [-0.15, -0.1) is 0 Å². The van der Waals surface area contributed by atoms with Gasteiger partial charge in [-0.3, -0.25) is 4.90 Å². The molecular weight excluding hydrogens is 284 g/mol. The third-order valence-corrected chi connectivity index (χ3v) is 3.95. The summed E-state index contributed by atoms with van der Waals surface area (Å²) in [4.78, 5) is 9.15. The molecule has 0 amide bonds. The number of halogens is 1. The van der Waals surface area contributed by atoms with Crippen molar-refractivity contribution in [1.82, 2.24) is 9.88 Å². The maximum atomic E-state index is 6.06. The Morgan fingerprint density at radius 2 is 1.90 bits per heavy atom. The highest BCUT2D eigenvalue weighted by Crippen LogP contribution is 2.19. The van der Waals surface area contributed by atoms with Gasteiger partial charge < -0.3 is 10.6 Å².